The van der Waals surface area contributed by atoms with Crippen LogP contribution in [-0.4, -0.2) is 23.3 Å². The third kappa shape index (κ3) is 4.60. The predicted octanol–water partition coefficient (Wildman–Crippen LogP) is 6.07. The van der Waals surface area contributed by atoms with Crippen LogP contribution < -0.4 is 0 Å². The lowest BCUT2D eigenvalue weighted by atomic mass is 10.0. The van der Waals surface area contributed by atoms with Gasteiger partial charge in [-0.2, -0.15) is 0 Å². The van der Waals surface area contributed by atoms with Crippen LogP contribution in [-0.2, 0) is 16.0 Å². The van der Waals surface area contributed by atoms with Gasteiger partial charge in [-0.25, -0.2) is 0 Å². The number of carbonyl (C=O) groups is 2. The van der Waals surface area contributed by atoms with Gasteiger partial charge < -0.3 is 0 Å². The Hall–Kier alpha value is -2.82. The van der Waals surface area contributed by atoms with Gasteiger partial charge >= 0.3 is 0 Å². The fourth-order valence-electron chi connectivity index (χ4n) is 3.51. The second-order valence-corrected chi connectivity index (χ2v) is 9.08. The van der Waals surface area contributed by atoms with Gasteiger partial charge in [-0.3, -0.25) is 14.5 Å². The molecule has 2 amide bonds. The molecule has 1 heterocycles. The summed E-state index contributed by atoms with van der Waals surface area (Å²) in [5.74, 6) is -0.477. The van der Waals surface area contributed by atoms with Crippen LogP contribution in [0.25, 0.3) is 5.57 Å². The van der Waals surface area contributed by atoms with Crippen molar-refractivity contribution in [2.75, 3.05) is 6.54 Å². The number of hydrogen-bond acceptors (Lipinski definition) is 3. The molecule has 0 fully saturated rings. The van der Waals surface area contributed by atoms with Crippen molar-refractivity contribution in [1.29, 1.82) is 0 Å². The molecule has 5 heteroatoms. The van der Waals surface area contributed by atoms with Gasteiger partial charge in [-0.05, 0) is 66.8 Å². The Balaban J connectivity index is 1.69. The summed E-state index contributed by atoms with van der Waals surface area (Å²) < 4.78 is 0. The van der Waals surface area contributed by atoms with Gasteiger partial charge in [0.25, 0.3) is 11.8 Å². The molecule has 1 aliphatic heterocycles. The van der Waals surface area contributed by atoms with Gasteiger partial charge in [0.2, 0.25) is 0 Å². The first-order chi connectivity index (χ1) is 14.9. The molecule has 0 atom stereocenters. The van der Waals surface area contributed by atoms with Crippen molar-refractivity contribution in [2.24, 2.45) is 0 Å². The van der Waals surface area contributed by atoms with Crippen LogP contribution in [0.4, 0.5) is 0 Å². The molecule has 1 aliphatic rings. The lowest BCUT2D eigenvalue weighted by molar-refractivity contribution is -0.136. The van der Waals surface area contributed by atoms with Crippen molar-refractivity contribution in [2.45, 2.75) is 25.2 Å². The molecule has 0 unspecified atom stereocenters. The monoisotopic (exact) mass is 447 g/mol. The Morgan fingerprint density at radius 3 is 2.23 bits per heavy atom. The number of hydrogen-bond donors (Lipinski definition) is 0. The zero-order valence-electron chi connectivity index (χ0n) is 17.4. The standard InChI is InChI=1S/C26H22ClNO2S/c1-17-8-9-20(16-18(17)2)23-24(31-22-12-10-21(27)11-13-22)26(30)28(25(23)29)15-14-19-6-4-3-5-7-19/h3-13,16H,14-15H2,1-2H3. The van der Waals surface area contributed by atoms with Crippen LogP contribution in [0.15, 0.2) is 82.6 Å². The molecule has 31 heavy (non-hydrogen) atoms. The SMILES string of the molecule is Cc1ccc(C2=C(Sc3ccc(Cl)cc3)C(=O)N(CCc3ccccc3)C2=O)cc1C. The lowest BCUT2D eigenvalue weighted by Gasteiger charge is -2.15. The van der Waals surface area contributed by atoms with Crippen molar-refractivity contribution < 1.29 is 9.59 Å². The summed E-state index contributed by atoms with van der Waals surface area (Å²) in [5.41, 5.74) is 4.58. The highest BCUT2D eigenvalue weighted by Crippen LogP contribution is 2.40. The minimum Gasteiger partial charge on any atom is -0.274 e. The maximum Gasteiger partial charge on any atom is 0.268 e. The van der Waals surface area contributed by atoms with E-state index in [4.69, 9.17) is 11.6 Å². The predicted molar refractivity (Wildman–Crippen MR) is 127 cm³/mol. The number of rotatable bonds is 6. The number of benzene rings is 3. The number of nitrogens with zero attached hydrogens (tertiary/aromatic N) is 1. The Morgan fingerprint density at radius 1 is 0.839 bits per heavy atom. The molecule has 0 saturated carbocycles. The van der Waals surface area contributed by atoms with Crippen LogP contribution in [0, 0.1) is 13.8 Å². The zero-order valence-corrected chi connectivity index (χ0v) is 19.0. The van der Waals surface area contributed by atoms with E-state index in [0.29, 0.717) is 28.5 Å². The Kier molecular flexibility index (Phi) is 6.30. The number of amides is 2. The van der Waals surface area contributed by atoms with Crippen molar-refractivity contribution >= 4 is 40.8 Å². The molecule has 3 aromatic rings. The normalized spacial score (nSPS) is 14.0. The highest BCUT2D eigenvalue weighted by Gasteiger charge is 2.39. The number of carbonyl (C=O) groups excluding carboxylic acids is 2. The number of thioether (sulfide) groups is 1. The average Bonchev–Trinajstić information content (AvgIpc) is 3.00. The van der Waals surface area contributed by atoms with Gasteiger partial charge in [0.05, 0.1) is 10.5 Å². The first-order valence-corrected chi connectivity index (χ1v) is 11.3. The zero-order chi connectivity index (χ0) is 22.0. The molecule has 0 N–H and O–H groups in total. The maximum absolute atomic E-state index is 13.4. The summed E-state index contributed by atoms with van der Waals surface area (Å²) in [7, 11) is 0. The molecule has 0 saturated heterocycles. The second-order valence-electron chi connectivity index (χ2n) is 7.56. The van der Waals surface area contributed by atoms with Crippen LogP contribution in [0.1, 0.15) is 22.3 Å². The highest BCUT2D eigenvalue weighted by molar-refractivity contribution is 8.04. The molecular formula is C26H22ClNO2S. The summed E-state index contributed by atoms with van der Waals surface area (Å²) in [6.07, 6.45) is 0.622. The van der Waals surface area contributed by atoms with Crippen LogP contribution in [0.3, 0.4) is 0 Å². The second kappa shape index (κ2) is 9.13. The van der Waals surface area contributed by atoms with Gasteiger partial charge in [0.15, 0.2) is 0 Å². The Morgan fingerprint density at radius 2 is 1.55 bits per heavy atom. The van der Waals surface area contributed by atoms with E-state index in [1.54, 1.807) is 12.1 Å². The van der Waals surface area contributed by atoms with E-state index in [-0.39, 0.29) is 11.8 Å². The average molecular weight is 448 g/mol. The van der Waals surface area contributed by atoms with Gasteiger partial charge in [-0.15, -0.1) is 0 Å². The number of imide groups is 1. The number of halogens is 1. The van der Waals surface area contributed by atoms with E-state index in [1.165, 1.54) is 16.7 Å². The summed E-state index contributed by atoms with van der Waals surface area (Å²) >= 11 is 7.33. The van der Waals surface area contributed by atoms with E-state index in [9.17, 15) is 9.59 Å². The topological polar surface area (TPSA) is 37.4 Å². The van der Waals surface area contributed by atoms with E-state index < -0.39 is 0 Å². The molecule has 0 aliphatic carbocycles. The summed E-state index contributed by atoms with van der Waals surface area (Å²) in [6.45, 7) is 4.39. The van der Waals surface area contributed by atoms with Gasteiger partial charge in [-0.1, -0.05) is 71.9 Å². The van der Waals surface area contributed by atoms with Crippen LogP contribution in [0.5, 0.6) is 0 Å². The molecule has 0 radical (unpaired) electrons. The largest absolute Gasteiger partial charge is 0.274 e. The van der Waals surface area contributed by atoms with Gasteiger partial charge in [0.1, 0.15) is 0 Å². The molecule has 0 aromatic heterocycles. The molecule has 3 nitrogen and oxygen atoms in total. The van der Waals surface area contributed by atoms with Crippen molar-refractivity contribution in [3.05, 3.63) is 105 Å². The smallest absolute Gasteiger partial charge is 0.268 e. The fraction of sp³-hybridized carbons (Fsp3) is 0.154. The maximum atomic E-state index is 13.4. The molecule has 3 aromatic carbocycles. The number of aryl methyl sites for hydroxylation is 2. The molecule has 156 valence electrons. The van der Waals surface area contributed by atoms with Crippen molar-refractivity contribution in [3.63, 3.8) is 0 Å². The highest BCUT2D eigenvalue weighted by atomic mass is 35.5. The summed E-state index contributed by atoms with van der Waals surface area (Å²) in [5, 5.41) is 0.631. The molecule has 4 rings (SSSR count). The van der Waals surface area contributed by atoms with Crippen LogP contribution in [0.2, 0.25) is 5.02 Å². The summed E-state index contributed by atoms with van der Waals surface area (Å²) in [6, 6.07) is 23.1. The Bertz CT molecular complexity index is 1170. The van der Waals surface area contributed by atoms with Gasteiger partial charge in [0, 0.05) is 16.5 Å². The first-order valence-electron chi connectivity index (χ1n) is 10.1. The van der Waals surface area contributed by atoms with Crippen molar-refractivity contribution in [3.8, 4) is 0 Å². The quantitative estimate of drug-likeness (QED) is 0.430. The summed E-state index contributed by atoms with van der Waals surface area (Å²) in [4.78, 5) is 29.4. The minimum atomic E-state index is -0.242. The van der Waals surface area contributed by atoms with E-state index in [1.807, 2.05) is 74.5 Å². The molecular weight excluding hydrogens is 426 g/mol. The third-order valence-electron chi connectivity index (χ3n) is 5.42. The van der Waals surface area contributed by atoms with Crippen molar-refractivity contribution in [1.82, 2.24) is 4.90 Å². The lowest BCUT2D eigenvalue weighted by Crippen LogP contribution is -2.33. The minimum absolute atomic E-state index is 0.236. The molecule has 0 spiro atoms. The van der Waals surface area contributed by atoms with E-state index >= 15 is 0 Å². The van der Waals surface area contributed by atoms with E-state index in [2.05, 4.69) is 0 Å². The first kappa shape index (κ1) is 21.4. The third-order valence-corrected chi connectivity index (χ3v) is 6.76. The van der Waals surface area contributed by atoms with Crippen LogP contribution >= 0.6 is 23.4 Å². The Labute approximate surface area is 191 Å². The molecule has 0 bridgehead atoms. The van der Waals surface area contributed by atoms with E-state index in [0.717, 1.165) is 27.1 Å². The fourth-order valence-corrected chi connectivity index (χ4v) is 4.65.